The fourth-order valence-electron chi connectivity index (χ4n) is 0.340. The Bertz CT molecular complexity index is 71.7. The number of rotatable bonds is 0. The molecule has 1 aliphatic carbocycles. The average molecular weight is 288 g/mol. The van der Waals surface area contributed by atoms with Crippen LogP contribution in [0.2, 0.25) is 0 Å². The molecule has 0 spiro atoms. The molecule has 0 saturated heterocycles. The third-order valence-electron chi connectivity index (χ3n) is 0.586. The predicted octanol–water partition coefficient (Wildman–Crippen LogP) is -1.60. The number of hydrogen-bond acceptors (Lipinski definition) is 0. The normalized spacial score (nSPS) is 6.27. The van der Waals surface area contributed by atoms with Crippen LogP contribution in [0, 0.1) is 50.1 Å². The fraction of sp³-hybridized carbons (Fsp3) is 0.167. The molecule has 98 valence electrons. The van der Waals surface area contributed by atoms with Gasteiger partial charge in [-0.15, -0.1) is 6.42 Å². The van der Waals surface area contributed by atoms with Gasteiger partial charge in [-0.2, -0.15) is 13.0 Å². The molecule has 0 nitrogen and oxygen atoms in total. The second kappa shape index (κ2) is 84.1. The number of hydrogen-bond donors (Lipinski definition) is 0. The SMILES string of the molecule is [C-]1=CC=CC1.[CH2-]C.[CH3-].[CH3-].[CH3-].[CH3-].[CH3-].[Cl-].[Cl-].[Ti+2]. The van der Waals surface area contributed by atoms with Crippen molar-refractivity contribution in [2.24, 2.45) is 0 Å². The molecule has 0 radical (unpaired) electrons. The summed E-state index contributed by atoms with van der Waals surface area (Å²) in [6.07, 6.45) is 10.0. The van der Waals surface area contributed by atoms with Gasteiger partial charge in [0.15, 0.2) is 0 Å². The fourth-order valence-corrected chi connectivity index (χ4v) is 0.340. The first kappa shape index (κ1) is 75.0. The molecule has 15 heavy (non-hydrogen) atoms. The van der Waals surface area contributed by atoms with Crippen molar-refractivity contribution in [3.63, 3.8) is 0 Å². The minimum Gasteiger partial charge on any atom is -1.00 e. The molecule has 0 amide bonds. The molecule has 0 N–H and O–H groups in total. The molecular formula is C12H25Cl2Ti-7. The molecule has 0 bridgehead atoms. The monoisotopic (exact) mass is 287 g/mol. The summed E-state index contributed by atoms with van der Waals surface area (Å²) in [5.41, 5.74) is 0. The Morgan fingerprint density at radius 3 is 1.33 bits per heavy atom. The van der Waals surface area contributed by atoms with Crippen molar-refractivity contribution in [3.8, 4) is 0 Å². The van der Waals surface area contributed by atoms with Crippen molar-refractivity contribution >= 4 is 0 Å². The summed E-state index contributed by atoms with van der Waals surface area (Å²) in [5.74, 6) is 0. The number of halogens is 2. The van der Waals surface area contributed by atoms with Crippen LogP contribution in [0.4, 0.5) is 0 Å². The molecule has 0 heterocycles. The molecule has 0 saturated carbocycles. The quantitative estimate of drug-likeness (QED) is 0.372. The Labute approximate surface area is 128 Å². The molecule has 0 atom stereocenters. The summed E-state index contributed by atoms with van der Waals surface area (Å²) >= 11 is 0. The van der Waals surface area contributed by atoms with Gasteiger partial charge in [0.1, 0.15) is 0 Å². The largest absolute Gasteiger partial charge is 2.00 e. The van der Waals surface area contributed by atoms with E-state index in [1.165, 1.54) is 0 Å². The third-order valence-corrected chi connectivity index (χ3v) is 0.586. The summed E-state index contributed by atoms with van der Waals surface area (Å²) in [5, 5.41) is 0. The van der Waals surface area contributed by atoms with E-state index in [0.29, 0.717) is 0 Å². The molecule has 0 aromatic heterocycles. The Kier molecular flexibility index (Phi) is 421. The Morgan fingerprint density at radius 1 is 0.933 bits per heavy atom. The van der Waals surface area contributed by atoms with Gasteiger partial charge in [0.25, 0.3) is 0 Å². The van der Waals surface area contributed by atoms with Gasteiger partial charge in [-0.3, -0.25) is 6.08 Å². The van der Waals surface area contributed by atoms with Crippen molar-refractivity contribution in [2.75, 3.05) is 0 Å². The van der Waals surface area contributed by atoms with E-state index >= 15 is 0 Å². The van der Waals surface area contributed by atoms with Gasteiger partial charge < -0.3 is 68.9 Å². The van der Waals surface area contributed by atoms with Crippen LogP contribution in [0.1, 0.15) is 13.3 Å². The van der Waals surface area contributed by atoms with Gasteiger partial charge in [0.2, 0.25) is 0 Å². The van der Waals surface area contributed by atoms with Crippen molar-refractivity contribution < 1.29 is 46.5 Å². The van der Waals surface area contributed by atoms with Crippen LogP contribution in [-0.2, 0) is 21.7 Å². The maximum Gasteiger partial charge on any atom is 2.00 e. The molecule has 0 aliphatic heterocycles. The van der Waals surface area contributed by atoms with E-state index in [9.17, 15) is 0 Å². The van der Waals surface area contributed by atoms with Crippen molar-refractivity contribution in [2.45, 2.75) is 13.3 Å². The predicted molar refractivity (Wildman–Crippen MR) is 64.7 cm³/mol. The Balaban J connectivity index is -0.00000000495. The van der Waals surface area contributed by atoms with Gasteiger partial charge in [0.05, 0.1) is 0 Å². The van der Waals surface area contributed by atoms with E-state index in [4.69, 9.17) is 0 Å². The second-order valence-electron chi connectivity index (χ2n) is 1.00. The van der Waals surface area contributed by atoms with E-state index < -0.39 is 0 Å². The van der Waals surface area contributed by atoms with Crippen LogP contribution >= 0.6 is 0 Å². The summed E-state index contributed by atoms with van der Waals surface area (Å²) in [7, 11) is 0. The smallest absolute Gasteiger partial charge is 1.00 e. The standard InChI is InChI=1S/C5H5.C2H5.5CH3.2ClH.Ti/c1-2-4-5-3-1;1-2;;;;;;;;/h1-3H,4H2;1H2,2H3;5*1H3;2*1H;/q7*-1;;;+2/p-2. The van der Waals surface area contributed by atoms with E-state index in [0.717, 1.165) is 6.42 Å². The zero-order valence-corrected chi connectivity index (χ0v) is 14.0. The van der Waals surface area contributed by atoms with E-state index in [1.54, 1.807) is 6.92 Å². The summed E-state index contributed by atoms with van der Waals surface area (Å²) < 4.78 is 0. The van der Waals surface area contributed by atoms with Crippen LogP contribution in [0.15, 0.2) is 18.2 Å². The maximum absolute atomic E-state index is 3.25. The van der Waals surface area contributed by atoms with Crippen LogP contribution in [0.5, 0.6) is 0 Å². The second-order valence-corrected chi connectivity index (χ2v) is 1.00. The number of allylic oxidation sites excluding steroid dienone is 4. The first-order valence-electron chi connectivity index (χ1n) is 2.42. The van der Waals surface area contributed by atoms with Gasteiger partial charge in [-0.1, -0.05) is 0 Å². The minimum atomic E-state index is 0. The van der Waals surface area contributed by atoms with Crippen LogP contribution in [-0.4, -0.2) is 0 Å². The zero-order valence-electron chi connectivity index (χ0n) is 10.9. The molecule has 0 fully saturated rings. The molecular weight excluding hydrogens is 263 g/mol. The van der Waals surface area contributed by atoms with Gasteiger partial charge >= 0.3 is 21.7 Å². The molecule has 1 rings (SSSR count). The summed E-state index contributed by atoms with van der Waals surface area (Å²) in [4.78, 5) is 0. The van der Waals surface area contributed by atoms with Gasteiger partial charge in [-0.25, -0.2) is 12.2 Å². The average Bonchev–Trinajstić information content (AvgIpc) is 2.23. The van der Waals surface area contributed by atoms with Crippen molar-refractivity contribution in [1.29, 1.82) is 0 Å². The van der Waals surface area contributed by atoms with Gasteiger partial charge in [0, 0.05) is 0 Å². The van der Waals surface area contributed by atoms with Crippen molar-refractivity contribution in [1.82, 2.24) is 0 Å². The first-order chi connectivity index (χ1) is 3.50. The van der Waals surface area contributed by atoms with E-state index in [1.807, 2.05) is 12.2 Å². The molecule has 3 heteroatoms. The first-order valence-corrected chi connectivity index (χ1v) is 2.42. The molecule has 0 aromatic rings. The minimum absolute atomic E-state index is 0. The van der Waals surface area contributed by atoms with E-state index in [-0.39, 0.29) is 83.7 Å². The third kappa shape index (κ3) is 72.3. The van der Waals surface area contributed by atoms with Gasteiger partial charge in [-0.05, 0) is 0 Å². The topological polar surface area (TPSA) is 0 Å². The van der Waals surface area contributed by atoms with Crippen LogP contribution in [0.25, 0.3) is 0 Å². The summed E-state index contributed by atoms with van der Waals surface area (Å²) in [6, 6.07) is 0. The van der Waals surface area contributed by atoms with Crippen molar-refractivity contribution in [3.05, 3.63) is 68.4 Å². The zero-order chi connectivity index (χ0) is 5.54. The van der Waals surface area contributed by atoms with Crippen LogP contribution in [0.3, 0.4) is 0 Å². The Morgan fingerprint density at radius 2 is 1.27 bits per heavy atom. The maximum atomic E-state index is 3.25. The molecule has 1 aliphatic rings. The van der Waals surface area contributed by atoms with E-state index in [2.05, 4.69) is 19.1 Å². The van der Waals surface area contributed by atoms with Crippen LogP contribution < -0.4 is 24.8 Å². The summed E-state index contributed by atoms with van der Waals surface area (Å²) in [6.45, 7) is 5.00. The Hall–Kier alpha value is 0.774. The molecule has 0 aromatic carbocycles. The molecule has 0 unspecified atom stereocenters.